The van der Waals surface area contributed by atoms with Gasteiger partial charge in [-0.15, -0.1) is 24.0 Å². The first-order valence-corrected chi connectivity index (χ1v) is 9.06. The SMILES string of the molecule is Cc1nc2ncnn2c(NC(C)C(F)(F)F)c1-c1c(C)c(C)c(C)c(C)c1C.I. The number of aromatic nitrogens is 4. The van der Waals surface area contributed by atoms with E-state index in [1.54, 1.807) is 6.92 Å². The van der Waals surface area contributed by atoms with Crippen LogP contribution in [0.1, 0.15) is 40.4 Å². The van der Waals surface area contributed by atoms with Gasteiger partial charge in [-0.1, -0.05) is 0 Å². The van der Waals surface area contributed by atoms with E-state index in [4.69, 9.17) is 0 Å². The molecule has 0 aliphatic carbocycles. The van der Waals surface area contributed by atoms with Crippen molar-refractivity contribution in [2.24, 2.45) is 0 Å². The van der Waals surface area contributed by atoms with E-state index >= 15 is 0 Å². The topological polar surface area (TPSA) is 55.1 Å². The fourth-order valence-electron chi connectivity index (χ4n) is 3.55. The Balaban J connectivity index is 0.00000300. The molecule has 0 saturated carbocycles. The van der Waals surface area contributed by atoms with Crippen LogP contribution in [0.4, 0.5) is 19.0 Å². The number of alkyl halides is 3. The molecule has 3 aromatic rings. The quantitative estimate of drug-likeness (QED) is 0.457. The summed E-state index contributed by atoms with van der Waals surface area (Å²) in [6.07, 6.45) is -3.11. The predicted molar refractivity (Wildman–Crippen MR) is 119 cm³/mol. The van der Waals surface area contributed by atoms with Crippen molar-refractivity contribution in [3.05, 3.63) is 39.8 Å². The van der Waals surface area contributed by atoms with Gasteiger partial charge in [-0.25, -0.2) is 4.98 Å². The van der Waals surface area contributed by atoms with E-state index in [1.807, 2.05) is 27.7 Å². The summed E-state index contributed by atoms with van der Waals surface area (Å²) in [5.74, 6) is 0.507. The number of benzene rings is 1. The molecule has 1 aromatic carbocycles. The third kappa shape index (κ3) is 3.93. The normalized spacial score (nSPS) is 12.8. The fourth-order valence-corrected chi connectivity index (χ4v) is 3.55. The molecule has 0 amide bonds. The maximum Gasteiger partial charge on any atom is 0.408 e. The zero-order valence-electron chi connectivity index (χ0n) is 17.5. The van der Waals surface area contributed by atoms with Gasteiger partial charge in [-0.3, -0.25) is 0 Å². The van der Waals surface area contributed by atoms with Gasteiger partial charge in [0.25, 0.3) is 5.78 Å². The molecule has 9 heteroatoms. The summed E-state index contributed by atoms with van der Waals surface area (Å²) in [7, 11) is 0. The second-order valence-corrected chi connectivity index (χ2v) is 7.30. The van der Waals surface area contributed by atoms with Crippen molar-refractivity contribution in [3.8, 4) is 11.1 Å². The molecule has 3 rings (SSSR count). The predicted octanol–water partition coefficient (Wildman–Crippen LogP) is 5.62. The molecule has 29 heavy (non-hydrogen) atoms. The molecule has 1 unspecified atom stereocenters. The lowest BCUT2D eigenvalue weighted by Crippen LogP contribution is -2.34. The molecule has 0 aliphatic heterocycles. The van der Waals surface area contributed by atoms with E-state index in [1.165, 1.54) is 16.4 Å². The van der Waals surface area contributed by atoms with Crippen molar-refractivity contribution in [3.63, 3.8) is 0 Å². The van der Waals surface area contributed by atoms with Gasteiger partial charge in [-0.05, 0) is 81.8 Å². The highest BCUT2D eigenvalue weighted by Gasteiger charge is 2.37. The van der Waals surface area contributed by atoms with E-state index in [0.717, 1.165) is 34.7 Å². The molecule has 2 aromatic heterocycles. The maximum atomic E-state index is 13.3. The molecular weight excluding hydrogens is 494 g/mol. The minimum atomic E-state index is -4.40. The van der Waals surface area contributed by atoms with Crippen LogP contribution in [-0.4, -0.2) is 31.8 Å². The number of hydrogen-bond acceptors (Lipinski definition) is 4. The summed E-state index contributed by atoms with van der Waals surface area (Å²) in [5.41, 5.74) is 7.57. The van der Waals surface area contributed by atoms with Crippen LogP contribution in [0.15, 0.2) is 6.33 Å². The van der Waals surface area contributed by atoms with E-state index in [0.29, 0.717) is 11.3 Å². The molecule has 0 radical (unpaired) electrons. The molecule has 0 aliphatic rings. The van der Waals surface area contributed by atoms with Gasteiger partial charge >= 0.3 is 6.18 Å². The summed E-state index contributed by atoms with van der Waals surface area (Å²) in [4.78, 5) is 8.53. The van der Waals surface area contributed by atoms with Crippen LogP contribution in [0, 0.1) is 41.5 Å². The van der Waals surface area contributed by atoms with Crippen molar-refractivity contribution in [1.29, 1.82) is 0 Å². The molecule has 2 heterocycles. The van der Waals surface area contributed by atoms with Gasteiger partial charge in [0.1, 0.15) is 18.2 Å². The van der Waals surface area contributed by atoms with Crippen LogP contribution in [0.2, 0.25) is 0 Å². The van der Waals surface area contributed by atoms with Crippen molar-refractivity contribution in [2.75, 3.05) is 5.32 Å². The summed E-state index contributed by atoms with van der Waals surface area (Å²) >= 11 is 0. The Kier molecular flexibility index (Phi) is 6.51. The van der Waals surface area contributed by atoms with Crippen molar-refractivity contribution >= 4 is 35.6 Å². The monoisotopic (exact) mass is 519 g/mol. The average molecular weight is 519 g/mol. The van der Waals surface area contributed by atoms with E-state index in [-0.39, 0.29) is 35.6 Å². The minimum Gasteiger partial charge on any atom is -0.358 e. The van der Waals surface area contributed by atoms with Crippen molar-refractivity contribution in [1.82, 2.24) is 19.6 Å². The fraction of sp³-hybridized carbons (Fsp3) is 0.450. The molecular formula is C20H25F3IN5. The lowest BCUT2D eigenvalue weighted by atomic mass is 9.86. The lowest BCUT2D eigenvalue weighted by Gasteiger charge is -2.25. The third-order valence-corrected chi connectivity index (χ3v) is 5.70. The number of aryl methyl sites for hydroxylation is 1. The number of nitrogens with one attached hydrogen (secondary N) is 1. The van der Waals surface area contributed by atoms with Crippen molar-refractivity contribution < 1.29 is 13.2 Å². The molecule has 1 N–H and O–H groups in total. The Morgan fingerprint density at radius 2 is 1.41 bits per heavy atom. The third-order valence-electron chi connectivity index (χ3n) is 5.70. The molecule has 158 valence electrons. The molecule has 0 saturated heterocycles. The molecule has 0 bridgehead atoms. The van der Waals surface area contributed by atoms with Crippen LogP contribution >= 0.6 is 24.0 Å². The number of fused-ring (bicyclic) bond motifs is 1. The van der Waals surface area contributed by atoms with E-state index in [9.17, 15) is 13.2 Å². The molecule has 5 nitrogen and oxygen atoms in total. The number of hydrogen-bond donors (Lipinski definition) is 1. The summed E-state index contributed by atoms with van der Waals surface area (Å²) in [6.45, 7) is 13.0. The number of rotatable bonds is 3. The Hall–Kier alpha value is -1.91. The average Bonchev–Trinajstić information content (AvgIpc) is 3.07. The number of nitrogens with zero attached hydrogens (tertiary/aromatic N) is 4. The van der Waals surface area contributed by atoms with Crippen LogP contribution in [0.5, 0.6) is 0 Å². The highest BCUT2D eigenvalue weighted by atomic mass is 127. The maximum absolute atomic E-state index is 13.3. The summed E-state index contributed by atoms with van der Waals surface area (Å²) < 4.78 is 41.3. The summed E-state index contributed by atoms with van der Waals surface area (Å²) in [5, 5.41) is 6.74. The Labute approximate surface area is 185 Å². The lowest BCUT2D eigenvalue weighted by molar-refractivity contribution is -0.138. The Morgan fingerprint density at radius 1 is 0.897 bits per heavy atom. The van der Waals surface area contributed by atoms with Crippen LogP contribution < -0.4 is 5.32 Å². The zero-order valence-corrected chi connectivity index (χ0v) is 19.8. The Bertz CT molecular complexity index is 1040. The number of halogens is 4. The van der Waals surface area contributed by atoms with Gasteiger partial charge in [0.2, 0.25) is 0 Å². The summed E-state index contributed by atoms with van der Waals surface area (Å²) in [6, 6.07) is -1.76. The van der Waals surface area contributed by atoms with Crippen LogP contribution in [0.25, 0.3) is 16.9 Å². The highest BCUT2D eigenvalue weighted by Crippen LogP contribution is 2.40. The number of anilines is 1. The molecule has 0 fully saturated rings. The molecule has 0 spiro atoms. The second-order valence-electron chi connectivity index (χ2n) is 7.30. The van der Waals surface area contributed by atoms with Gasteiger partial charge in [0.15, 0.2) is 0 Å². The highest BCUT2D eigenvalue weighted by molar-refractivity contribution is 14.0. The first kappa shape index (κ1) is 23.4. The minimum absolute atomic E-state index is 0. The van der Waals surface area contributed by atoms with Gasteiger partial charge in [0, 0.05) is 5.56 Å². The molecule has 1 atom stereocenters. The van der Waals surface area contributed by atoms with Crippen molar-refractivity contribution in [2.45, 2.75) is 60.7 Å². The van der Waals surface area contributed by atoms with Gasteiger partial charge in [-0.2, -0.15) is 27.8 Å². The van der Waals surface area contributed by atoms with Gasteiger partial charge in [0.05, 0.1) is 5.69 Å². The van der Waals surface area contributed by atoms with Crippen LogP contribution in [0.3, 0.4) is 0 Å². The van der Waals surface area contributed by atoms with E-state index in [2.05, 4.69) is 27.3 Å². The smallest absolute Gasteiger partial charge is 0.358 e. The Morgan fingerprint density at radius 3 is 1.93 bits per heavy atom. The first-order valence-electron chi connectivity index (χ1n) is 9.06. The second kappa shape index (κ2) is 8.08. The largest absolute Gasteiger partial charge is 0.408 e. The van der Waals surface area contributed by atoms with Crippen LogP contribution in [-0.2, 0) is 0 Å². The first-order chi connectivity index (χ1) is 12.9. The van der Waals surface area contributed by atoms with E-state index < -0.39 is 12.2 Å². The standard InChI is InChI=1S/C20H24F3N5.HI/c1-9-10(2)12(4)16(13(5)11(9)3)17-14(6)26-19-24-8-25-28(19)18(17)27-15(7)20(21,22)23;/h8,15,27H,1-7H3;1H. The van der Waals surface area contributed by atoms with Gasteiger partial charge < -0.3 is 5.32 Å². The zero-order chi connectivity index (χ0) is 21.0.